The van der Waals surface area contributed by atoms with Crippen LogP contribution in [-0.2, 0) is 14.9 Å². The molecule has 0 bridgehead atoms. The van der Waals surface area contributed by atoms with E-state index >= 15 is 0 Å². The third kappa shape index (κ3) is 5.94. The van der Waals surface area contributed by atoms with Crippen LogP contribution in [0.15, 0.2) is 35.3 Å². The van der Waals surface area contributed by atoms with Gasteiger partial charge in [0.15, 0.2) is 5.96 Å². The van der Waals surface area contributed by atoms with E-state index in [4.69, 9.17) is 9.47 Å². The average molecular weight is 374 g/mol. The number of aliphatic imine (C=N–C) groups is 1. The molecule has 0 aromatic heterocycles. The quantitative estimate of drug-likeness (QED) is 0.397. The molecule has 3 rings (SSSR count). The Hall–Kier alpha value is -1.59. The first-order valence-electron chi connectivity index (χ1n) is 10.5. The molecule has 1 aromatic carbocycles. The molecule has 1 aliphatic heterocycles. The van der Waals surface area contributed by atoms with Gasteiger partial charge in [-0.25, -0.2) is 0 Å². The van der Waals surface area contributed by atoms with Crippen molar-refractivity contribution in [3.63, 3.8) is 0 Å². The lowest BCUT2D eigenvalue weighted by atomic mass is 9.79. The number of nitrogens with one attached hydrogen (secondary N) is 2. The van der Waals surface area contributed by atoms with Crippen LogP contribution in [0.5, 0.6) is 0 Å². The maximum Gasteiger partial charge on any atom is 0.191 e. The highest BCUT2D eigenvalue weighted by Gasteiger charge is 2.35. The molecule has 1 unspecified atom stereocenters. The predicted molar refractivity (Wildman–Crippen MR) is 110 cm³/mol. The number of ether oxygens (including phenoxy) is 2. The van der Waals surface area contributed by atoms with E-state index in [1.807, 2.05) is 7.05 Å². The van der Waals surface area contributed by atoms with Crippen molar-refractivity contribution >= 4 is 5.96 Å². The second-order valence-electron chi connectivity index (χ2n) is 7.86. The minimum atomic E-state index is 0.241. The fourth-order valence-corrected chi connectivity index (χ4v) is 4.23. The predicted octanol–water partition coefficient (Wildman–Crippen LogP) is 3.11. The summed E-state index contributed by atoms with van der Waals surface area (Å²) >= 11 is 0. The van der Waals surface area contributed by atoms with E-state index in [2.05, 4.69) is 46.0 Å². The lowest BCUT2D eigenvalue weighted by Gasteiger charge is -2.30. The zero-order valence-electron chi connectivity index (χ0n) is 16.7. The molecule has 5 heteroatoms. The molecule has 0 amide bonds. The third-order valence-electron chi connectivity index (χ3n) is 5.90. The Labute approximate surface area is 163 Å². The maximum atomic E-state index is 5.77. The number of rotatable bonds is 9. The molecule has 1 heterocycles. The minimum absolute atomic E-state index is 0.241. The van der Waals surface area contributed by atoms with Crippen LogP contribution in [0.2, 0.25) is 0 Å². The Morgan fingerprint density at radius 1 is 1.22 bits per heavy atom. The summed E-state index contributed by atoms with van der Waals surface area (Å²) in [4.78, 5) is 4.39. The van der Waals surface area contributed by atoms with Crippen LogP contribution in [0.25, 0.3) is 0 Å². The van der Waals surface area contributed by atoms with Crippen LogP contribution in [0.4, 0.5) is 0 Å². The highest BCUT2D eigenvalue weighted by atomic mass is 16.5. The van der Waals surface area contributed by atoms with Crippen molar-refractivity contribution in [2.75, 3.05) is 46.6 Å². The van der Waals surface area contributed by atoms with Crippen molar-refractivity contribution in [1.82, 2.24) is 10.6 Å². The van der Waals surface area contributed by atoms with Crippen molar-refractivity contribution in [3.05, 3.63) is 35.9 Å². The summed E-state index contributed by atoms with van der Waals surface area (Å²) in [6.45, 7) is 5.18. The van der Waals surface area contributed by atoms with Gasteiger partial charge in [0.05, 0.1) is 13.2 Å². The summed E-state index contributed by atoms with van der Waals surface area (Å²) in [5.74, 6) is 1.48. The van der Waals surface area contributed by atoms with Crippen LogP contribution in [0.1, 0.15) is 44.1 Å². The van der Waals surface area contributed by atoms with Gasteiger partial charge < -0.3 is 20.1 Å². The van der Waals surface area contributed by atoms with E-state index in [1.54, 1.807) is 0 Å². The average Bonchev–Trinajstić information content (AvgIpc) is 3.40. The molecule has 2 aliphatic rings. The van der Waals surface area contributed by atoms with Crippen molar-refractivity contribution < 1.29 is 9.47 Å². The Morgan fingerprint density at radius 3 is 2.74 bits per heavy atom. The van der Waals surface area contributed by atoms with Gasteiger partial charge in [0.1, 0.15) is 0 Å². The normalized spacial score (nSPS) is 22.1. The Morgan fingerprint density at radius 2 is 2.04 bits per heavy atom. The summed E-state index contributed by atoms with van der Waals surface area (Å²) in [6, 6.07) is 11.0. The molecule has 0 radical (unpaired) electrons. The summed E-state index contributed by atoms with van der Waals surface area (Å²) in [5, 5.41) is 6.99. The lowest BCUT2D eigenvalue weighted by molar-refractivity contribution is 0.0888. The first kappa shape index (κ1) is 20.2. The van der Waals surface area contributed by atoms with Gasteiger partial charge in [-0.1, -0.05) is 43.2 Å². The number of nitrogens with zero attached hydrogens (tertiary/aromatic N) is 1. The van der Waals surface area contributed by atoms with E-state index in [1.165, 1.54) is 31.2 Å². The van der Waals surface area contributed by atoms with Crippen LogP contribution >= 0.6 is 0 Å². The summed E-state index contributed by atoms with van der Waals surface area (Å²) in [7, 11) is 1.84. The van der Waals surface area contributed by atoms with Crippen molar-refractivity contribution in [2.45, 2.75) is 43.9 Å². The Balaban J connectivity index is 1.36. The van der Waals surface area contributed by atoms with Crippen LogP contribution in [0.3, 0.4) is 0 Å². The molecular weight excluding hydrogens is 338 g/mol. The third-order valence-corrected chi connectivity index (χ3v) is 5.90. The van der Waals surface area contributed by atoms with E-state index in [0.717, 1.165) is 58.3 Å². The van der Waals surface area contributed by atoms with E-state index in [9.17, 15) is 0 Å². The molecule has 1 aliphatic carbocycles. The van der Waals surface area contributed by atoms with E-state index in [0.29, 0.717) is 5.92 Å². The smallest absolute Gasteiger partial charge is 0.191 e. The van der Waals surface area contributed by atoms with Gasteiger partial charge in [-0.3, -0.25) is 4.99 Å². The van der Waals surface area contributed by atoms with Gasteiger partial charge in [0.2, 0.25) is 0 Å². The largest absolute Gasteiger partial charge is 0.381 e. The standard InChI is InChI=1S/C22H35N3O2/c1-23-21(24-13-7-14-26-16-19-10-15-27-17-19)25-18-22(11-5-6-12-22)20-8-3-2-4-9-20/h2-4,8-9,19H,5-7,10-18H2,1H3,(H2,23,24,25). The second kappa shape index (κ2) is 10.7. The summed E-state index contributed by atoms with van der Waals surface area (Å²) in [6.07, 6.45) is 7.24. The van der Waals surface area contributed by atoms with Crippen LogP contribution in [-0.4, -0.2) is 52.5 Å². The van der Waals surface area contributed by atoms with Gasteiger partial charge in [-0.05, 0) is 31.2 Å². The van der Waals surface area contributed by atoms with Crippen molar-refractivity contribution in [2.24, 2.45) is 10.9 Å². The molecule has 2 fully saturated rings. The summed E-state index contributed by atoms with van der Waals surface area (Å²) in [5.41, 5.74) is 1.69. The van der Waals surface area contributed by atoms with Gasteiger partial charge in [-0.15, -0.1) is 0 Å². The summed E-state index contributed by atoms with van der Waals surface area (Å²) < 4.78 is 11.1. The van der Waals surface area contributed by atoms with E-state index < -0.39 is 0 Å². The number of benzene rings is 1. The Bertz CT molecular complexity index is 564. The van der Waals surface area contributed by atoms with E-state index in [-0.39, 0.29) is 5.41 Å². The first-order chi connectivity index (χ1) is 13.3. The molecule has 1 saturated heterocycles. The second-order valence-corrected chi connectivity index (χ2v) is 7.86. The molecule has 1 saturated carbocycles. The SMILES string of the molecule is CN=C(NCCCOCC1CCOC1)NCC1(c2ccccc2)CCCC1. The van der Waals surface area contributed by atoms with Crippen LogP contribution in [0, 0.1) is 5.92 Å². The molecule has 1 atom stereocenters. The van der Waals surface area contributed by atoms with Gasteiger partial charge >= 0.3 is 0 Å². The van der Waals surface area contributed by atoms with Crippen molar-refractivity contribution in [1.29, 1.82) is 0 Å². The molecule has 0 spiro atoms. The highest BCUT2D eigenvalue weighted by molar-refractivity contribution is 5.79. The fraction of sp³-hybridized carbons (Fsp3) is 0.682. The molecule has 27 heavy (non-hydrogen) atoms. The Kier molecular flexibility index (Phi) is 7.96. The van der Waals surface area contributed by atoms with Gasteiger partial charge in [0.25, 0.3) is 0 Å². The van der Waals surface area contributed by atoms with Crippen molar-refractivity contribution in [3.8, 4) is 0 Å². The molecule has 150 valence electrons. The molecule has 5 nitrogen and oxygen atoms in total. The fourth-order valence-electron chi connectivity index (χ4n) is 4.23. The minimum Gasteiger partial charge on any atom is -0.381 e. The van der Waals surface area contributed by atoms with Gasteiger partial charge in [-0.2, -0.15) is 0 Å². The molecular formula is C22H35N3O2. The van der Waals surface area contributed by atoms with Gasteiger partial charge in [0, 0.05) is 44.7 Å². The highest BCUT2D eigenvalue weighted by Crippen LogP contribution is 2.40. The zero-order valence-corrected chi connectivity index (χ0v) is 16.7. The number of guanidine groups is 1. The first-order valence-corrected chi connectivity index (χ1v) is 10.5. The molecule has 2 N–H and O–H groups in total. The molecule has 1 aromatic rings. The maximum absolute atomic E-state index is 5.77. The topological polar surface area (TPSA) is 54.9 Å². The van der Waals surface area contributed by atoms with Crippen LogP contribution < -0.4 is 10.6 Å². The zero-order chi connectivity index (χ0) is 18.8. The number of hydrogen-bond acceptors (Lipinski definition) is 3. The number of hydrogen-bond donors (Lipinski definition) is 2. The monoisotopic (exact) mass is 373 g/mol. The lowest BCUT2D eigenvalue weighted by Crippen LogP contribution is -2.45.